The fourth-order valence-electron chi connectivity index (χ4n) is 5.35. The van der Waals surface area contributed by atoms with E-state index >= 15 is 0 Å². The molecule has 0 nitrogen and oxygen atoms in total. The molecule has 0 heterocycles. The van der Waals surface area contributed by atoms with Gasteiger partial charge in [0.15, 0.2) is 0 Å². The third kappa shape index (κ3) is 3.77. The fraction of sp³-hybridized carbons (Fsp3) is 0.565. The molecule has 0 bridgehead atoms. The van der Waals surface area contributed by atoms with E-state index in [9.17, 15) is 0 Å². The normalized spacial score (nSPS) is 29.2. The van der Waals surface area contributed by atoms with Gasteiger partial charge < -0.3 is 0 Å². The molecular formula is C23H34Si. The lowest BCUT2D eigenvalue weighted by atomic mass is 9.86. The zero-order valence-corrected chi connectivity index (χ0v) is 17.5. The Morgan fingerprint density at radius 1 is 1.12 bits per heavy atom. The molecule has 1 aromatic carbocycles. The topological polar surface area (TPSA) is 0 Å². The van der Waals surface area contributed by atoms with Crippen LogP contribution in [0.25, 0.3) is 0 Å². The van der Waals surface area contributed by atoms with Crippen molar-refractivity contribution in [2.24, 2.45) is 11.8 Å². The van der Waals surface area contributed by atoms with E-state index < -0.39 is 0 Å². The number of unbranched alkanes of at least 4 members (excludes halogenated alkanes) is 2. The maximum Gasteiger partial charge on any atom is 0.0613 e. The molecule has 0 aliphatic heterocycles. The highest BCUT2D eigenvalue weighted by atomic mass is 28.2. The molecular weight excluding hydrogens is 304 g/mol. The minimum absolute atomic E-state index is 0.279. The molecule has 130 valence electrons. The molecule has 24 heavy (non-hydrogen) atoms. The van der Waals surface area contributed by atoms with E-state index in [2.05, 4.69) is 64.1 Å². The molecule has 2 aliphatic carbocycles. The molecule has 1 heteroatoms. The van der Waals surface area contributed by atoms with Crippen molar-refractivity contribution in [3.63, 3.8) is 0 Å². The van der Waals surface area contributed by atoms with Crippen LogP contribution in [0.15, 0.2) is 42.0 Å². The first-order chi connectivity index (χ1) is 11.5. The van der Waals surface area contributed by atoms with Gasteiger partial charge in [-0.1, -0.05) is 91.4 Å². The van der Waals surface area contributed by atoms with Crippen LogP contribution in [0.3, 0.4) is 0 Å². The Labute approximate surface area is 151 Å². The zero-order chi connectivity index (χ0) is 17.2. The van der Waals surface area contributed by atoms with E-state index in [0.29, 0.717) is 5.04 Å². The quantitative estimate of drug-likeness (QED) is 0.482. The molecule has 0 saturated heterocycles. The molecule has 0 radical (unpaired) electrons. The molecule has 0 aromatic heterocycles. The van der Waals surface area contributed by atoms with Crippen molar-refractivity contribution in [3.05, 3.63) is 53.1 Å². The summed E-state index contributed by atoms with van der Waals surface area (Å²) in [6.45, 7) is 9.47. The van der Waals surface area contributed by atoms with Gasteiger partial charge in [0.05, 0.1) is 9.52 Å². The third-order valence-corrected chi connectivity index (χ3v) is 8.66. The van der Waals surface area contributed by atoms with Crippen LogP contribution in [-0.4, -0.2) is 9.52 Å². The fourth-order valence-corrected chi connectivity index (χ4v) is 8.31. The summed E-state index contributed by atoms with van der Waals surface area (Å²) in [5.41, 5.74) is 4.69. The second-order valence-electron chi connectivity index (χ2n) is 8.61. The van der Waals surface area contributed by atoms with E-state index in [4.69, 9.17) is 0 Å². The number of fused-ring (bicyclic) bond motifs is 1. The van der Waals surface area contributed by atoms with Crippen LogP contribution in [0.2, 0.25) is 5.04 Å². The summed E-state index contributed by atoms with van der Waals surface area (Å²) in [4.78, 5) is 0. The van der Waals surface area contributed by atoms with Gasteiger partial charge in [-0.2, -0.15) is 0 Å². The van der Waals surface area contributed by atoms with Crippen molar-refractivity contribution >= 4 is 14.7 Å². The number of hydrogen-bond donors (Lipinski definition) is 0. The van der Waals surface area contributed by atoms with Crippen LogP contribution in [0, 0.1) is 25.7 Å². The number of rotatable bonds is 6. The van der Waals surface area contributed by atoms with E-state index in [-0.39, 0.29) is 9.52 Å². The lowest BCUT2D eigenvalue weighted by molar-refractivity contribution is 0.427. The standard InChI is InChI=1S/C23H34Si/c1-5-6-7-12-22-21-11-9-8-10-19(21)16-23(22,4)24-20-14-17(2)13-18(3)15-20/h8-9,11,13-15,19,22H,5-7,10,12,16,24H2,1-4H3. The minimum atomic E-state index is -0.279. The number of allylic oxidation sites excluding steroid dienone is 4. The van der Waals surface area contributed by atoms with Crippen LogP contribution in [0.4, 0.5) is 0 Å². The van der Waals surface area contributed by atoms with Crippen LogP contribution < -0.4 is 5.19 Å². The van der Waals surface area contributed by atoms with E-state index in [1.165, 1.54) is 49.7 Å². The lowest BCUT2D eigenvalue weighted by Gasteiger charge is -2.32. The smallest absolute Gasteiger partial charge is 0.0613 e. The Morgan fingerprint density at radius 2 is 1.88 bits per heavy atom. The second-order valence-corrected chi connectivity index (χ2v) is 11.4. The lowest BCUT2D eigenvalue weighted by Crippen LogP contribution is -2.31. The summed E-state index contributed by atoms with van der Waals surface area (Å²) < 4.78 is 0. The van der Waals surface area contributed by atoms with Gasteiger partial charge in [0, 0.05) is 0 Å². The molecule has 1 saturated carbocycles. The largest absolute Gasteiger partial charge is 0.0839 e. The molecule has 0 N–H and O–H groups in total. The van der Waals surface area contributed by atoms with Gasteiger partial charge in [0.2, 0.25) is 0 Å². The minimum Gasteiger partial charge on any atom is -0.0839 e. The van der Waals surface area contributed by atoms with Crippen LogP contribution in [0.5, 0.6) is 0 Å². The van der Waals surface area contributed by atoms with Gasteiger partial charge in [-0.3, -0.25) is 0 Å². The maximum atomic E-state index is 2.63. The third-order valence-electron chi connectivity index (χ3n) is 6.26. The van der Waals surface area contributed by atoms with Crippen LogP contribution >= 0.6 is 0 Å². The van der Waals surface area contributed by atoms with Gasteiger partial charge in [0.25, 0.3) is 0 Å². The molecule has 0 spiro atoms. The second kappa shape index (κ2) is 7.43. The van der Waals surface area contributed by atoms with Crippen molar-refractivity contribution in [1.82, 2.24) is 0 Å². The van der Waals surface area contributed by atoms with Crippen molar-refractivity contribution in [2.75, 3.05) is 0 Å². The Morgan fingerprint density at radius 3 is 2.58 bits per heavy atom. The number of aryl methyl sites for hydroxylation is 2. The Balaban J connectivity index is 1.85. The summed E-state index contributed by atoms with van der Waals surface area (Å²) in [6.07, 6.45) is 15.5. The number of benzene rings is 1. The van der Waals surface area contributed by atoms with E-state index in [1.807, 2.05) is 0 Å². The van der Waals surface area contributed by atoms with Crippen molar-refractivity contribution < 1.29 is 0 Å². The summed E-state index contributed by atoms with van der Waals surface area (Å²) >= 11 is 0. The molecule has 1 aromatic rings. The molecule has 3 rings (SSSR count). The highest BCUT2D eigenvalue weighted by Crippen LogP contribution is 2.58. The highest BCUT2D eigenvalue weighted by Gasteiger charge is 2.46. The first kappa shape index (κ1) is 17.7. The van der Waals surface area contributed by atoms with Gasteiger partial charge in [-0.15, -0.1) is 0 Å². The first-order valence-corrected chi connectivity index (χ1v) is 11.4. The molecule has 2 aliphatic rings. The summed E-state index contributed by atoms with van der Waals surface area (Å²) in [5.74, 6) is 1.68. The van der Waals surface area contributed by atoms with Crippen molar-refractivity contribution in [2.45, 2.75) is 71.3 Å². The zero-order valence-electron chi connectivity index (χ0n) is 16.1. The monoisotopic (exact) mass is 338 g/mol. The van der Waals surface area contributed by atoms with Crippen LogP contribution in [-0.2, 0) is 0 Å². The Kier molecular flexibility index (Phi) is 5.49. The average molecular weight is 339 g/mol. The van der Waals surface area contributed by atoms with Gasteiger partial charge >= 0.3 is 0 Å². The van der Waals surface area contributed by atoms with Crippen LogP contribution in [0.1, 0.15) is 63.5 Å². The molecule has 1 fully saturated rings. The Hall–Kier alpha value is -1.08. The molecule has 3 atom stereocenters. The highest BCUT2D eigenvalue weighted by molar-refractivity contribution is 6.57. The summed E-state index contributed by atoms with van der Waals surface area (Å²) in [7, 11) is -0.279. The summed E-state index contributed by atoms with van der Waals surface area (Å²) in [5, 5.41) is 2.25. The molecule has 3 unspecified atom stereocenters. The summed E-state index contributed by atoms with van der Waals surface area (Å²) in [6, 6.07) is 7.27. The van der Waals surface area contributed by atoms with Gasteiger partial charge in [-0.05, 0) is 50.0 Å². The van der Waals surface area contributed by atoms with Gasteiger partial charge in [0.1, 0.15) is 0 Å². The number of hydrogen-bond acceptors (Lipinski definition) is 0. The SMILES string of the molecule is CCCCCC1C2=CC=CCC2CC1(C)[SiH2]c1cc(C)cc(C)c1. The van der Waals surface area contributed by atoms with Crippen molar-refractivity contribution in [1.29, 1.82) is 0 Å². The van der Waals surface area contributed by atoms with E-state index in [0.717, 1.165) is 11.8 Å². The first-order valence-electron chi connectivity index (χ1n) is 9.95. The molecule has 0 amide bonds. The predicted molar refractivity (Wildman–Crippen MR) is 110 cm³/mol. The Bertz CT molecular complexity index is 619. The van der Waals surface area contributed by atoms with Gasteiger partial charge in [-0.25, -0.2) is 0 Å². The maximum absolute atomic E-state index is 2.63. The average Bonchev–Trinajstić information content (AvgIpc) is 2.78. The van der Waals surface area contributed by atoms with Crippen molar-refractivity contribution in [3.8, 4) is 0 Å². The van der Waals surface area contributed by atoms with E-state index in [1.54, 1.807) is 10.8 Å². The predicted octanol–water partition coefficient (Wildman–Crippen LogP) is 5.38.